The van der Waals surface area contributed by atoms with Crippen molar-refractivity contribution in [3.8, 4) is 11.1 Å². The highest BCUT2D eigenvalue weighted by molar-refractivity contribution is 7.17. The number of esters is 1. The molecule has 0 aliphatic heterocycles. The average Bonchev–Trinajstić information content (AvgIpc) is 3.17. The van der Waals surface area contributed by atoms with Crippen molar-refractivity contribution >= 4 is 39.1 Å². The molecule has 4 saturated carbocycles. The van der Waals surface area contributed by atoms with Crippen LogP contribution in [0.1, 0.15) is 57.4 Å². The lowest BCUT2D eigenvalue weighted by Gasteiger charge is -2.58. The number of halogens is 1. The highest BCUT2D eigenvalue weighted by Gasteiger charge is 2.61. The fraction of sp³-hybridized carbons (Fsp3) is 0.480. The van der Waals surface area contributed by atoms with Crippen LogP contribution in [0.2, 0.25) is 0 Å². The van der Waals surface area contributed by atoms with Crippen molar-refractivity contribution in [2.75, 3.05) is 0 Å². The fourth-order valence-electron chi connectivity index (χ4n) is 6.72. The Labute approximate surface area is 195 Å². The second-order valence-corrected chi connectivity index (χ2v) is 11.7. The van der Waals surface area contributed by atoms with E-state index in [1.165, 1.54) is 17.8 Å². The van der Waals surface area contributed by atoms with Gasteiger partial charge in [-0.3, -0.25) is 9.59 Å². The largest absolute Gasteiger partial charge is 0.454 e. The van der Waals surface area contributed by atoms with Gasteiger partial charge in [0.15, 0.2) is 11.9 Å². The molecular formula is C25H25ClN2O3S. The molecule has 5 nitrogen and oxygen atoms in total. The van der Waals surface area contributed by atoms with Crippen molar-refractivity contribution in [2.45, 2.75) is 56.4 Å². The quantitative estimate of drug-likeness (QED) is 0.386. The highest BCUT2D eigenvalue weighted by atomic mass is 35.5. The summed E-state index contributed by atoms with van der Waals surface area (Å²) in [5.41, 5.74) is 1.17. The molecule has 2 heterocycles. The molecule has 3 atom stereocenters. The maximum absolute atomic E-state index is 13.4. The molecule has 0 spiro atoms. The number of rotatable bonds is 4. The minimum absolute atomic E-state index is 0.178. The van der Waals surface area contributed by atoms with E-state index in [0.717, 1.165) is 36.8 Å². The molecule has 4 aliphatic carbocycles. The number of ether oxygens (including phenoxy) is 1. The van der Waals surface area contributed by atoms with E-state index < -0.39 is 11.5 Å². The van der Waals surface area contributed by atoms with Gasteiger partial charge in [-0.05, 0) is 62.8 Å². The summed E-state index contributed by atoms with van der Waals surface area (Å²) < 4.78 is 5.94. The van der Waals surface area contributed by atoms with Gasteiger partial charge < -0.3 is 9.72 Å². The number of hydrogen-bond donors (Lipinski definition) is 1. The van der Waals surface area contributed by atoms with Gasteiger partial charge in [0.05, 0.1) is 10.8 Å². The number of alkyl halides is 1. The standard InChI is InChI=1S/C25H25ClN2O3S/c1-14(31-23(30)24-8-15-7-16(9-24)11-25(26,10-15)13-24)20-27-21(29)19-18(12-32-22(19)28-20)17-5-3-2-4-6-17/h2-6,12,14-16H,7-11,13H2,1H3,(H,27,28,29)/t14-,15-,16-,24?,25?/m1/s1. The zero-order chi connectivity index (χ0) is 22.1. The summed E-state index contributed by atoms with van der Waals surface area (Å²) in [5, 5.41) is 2.53. The second kappa shape index (κ2) is 7.16. The van der Waals surface area contributed by atoms with Crippen LogP contribution in [-0.4, -0.2) is 20.8 Å². The summed E-state index contributed by atoms with van der Waals surface area (Å²) >= 11 is 8.32. The topological polar surface area (TPSA) is 72.0 Å². The minimum Gasteiger partial charge on any atom is -0.454 e. The molecule has 4 fully saturated rings. The zero-order valence-corrected chi connectivity index (χ0v) is 19.5. The first-order valence-electron chi connectivity index (χ1n) is 11.3. The first kappa shape index (κ1) is 20.4. The number of thiophene rings is 1. The molecule has 32 heavy (non-hydrogen) atoms. The minimum atomic E-state index is -0.624. The molecule has 0 saturated heterocycles. The van der Waals surface area contributed by atoms with E-state index in [0.29, 0.717) is 34.3 Å². The Morgan fingerprint density at radius 2 is 1.94 bits per heavy atom. The molecule has 7 heteroatoms. The highest BCUT2D eigenvalue weighted by Crippen LogP contribution is 2.64. The molecule has 166 valence electrons. The van der Waals surface area contributed by atoms with Gasteiger partial charge in [0.2, 0.25) is 0 Å². The van der Waals surface area contributed by atoms with Crippen LogP contribution in [0.5, 0.6) is 0 Å². The van der Waals surface area contributed by atoms with Gasteiger partial charge in [0, 0.05) is 15.8 Å². The van der Waals surface area contributed by atoms with Gasteiger partial charge in [-0.2, -0.15) is 0 Å². The van der Waals surface area contributed by atoms with E-state index in [1.807, 2.05) is 35.7 Å². The summed E-state index contributed by atoms with van der Waals surface area (Å²) in [5.74, 6) is 1.26. The Balaban J connectivity index is 1.27. The number of nitrogens with one attached hydrogen (secondary N) is 1. The molecule has 2 aromatic heterocycles. The van der Waals surface area contributed by atoms with E-state index in [4.69, 9.17) is 16.3 Å². The van der Waals surface area contributed by atoms with E-state index in [1.54, 1.807) is 6.92 Å². The van der Waals surface area contributed by atoms with Crippen molar-refractivity contribution in [3.05, 3.63) is 51.9 Å². The van der Waals surface area contributed by atoms with E-state index in [2.05, 4.69) is 9.97 Å². The number of aromatic amines is 1. The third kappa shape index (κ3) is 3.22. The van der Waals surface area contributed by atoms with Crippen LogP contribution in [0, 0.1) is 17.3 Å². The van der Waals surface area contributed by atoms with Crippen molar-refractivity contribution in [1.82, 2.24) is 9.97 Å². The van der Waals surface area contributed by atoms with Gasteiger partial charge >= 0.3 is 5.97 Å². The molecule has 4 bridgehead atoms. The molecule has 7 rings (SSSR count). The number of H-pyrrole nitrogens is 1. The Hall–Kier alpha value is -2.18. The predicted molar refractivity (Wildman–Crippen MR) is 126 cm³/mol. The van der Waals surface area contributed by atoms with Crippen LogP contribution in [-0.2, 0) is 9.53 Å². The number of hydrogen-bond acceptors (Lipinski definition) is 5. The lowest BCUT2D eigenvalue weighted by Crippen LogP contribution is -2.56. The summed E-state index contributed by atoms with van der Waals surface area (Å²) in [6, 6.07) is 9.81. The number of aromatic nitrogens is 2. The summed E-state index contributed by atoms with van der Waals surface area (Å²) in [4.78, 5) is 34.3. The monoisotopic (exact) mass is 468 g/mol. The molecule has 3 aromatic rings. The smallest absolute Gasteiger partial charge is 0.312 e. The number of fused-ring (bicyclic) bond motifs is 1. The van der Waals surface area contributed by atoms with E-state index in [-0.39, 0.29) is 16.4 Å². The van der Waals surface area contributed by atoms with Crippen LogP contribution in [0.3, 0.4) is 0 Å². The van der Waals surface area contributed by atoms with Gasteiger partial charge in [0.25, 0.3) is 5.56 Å². The number of carbonyl (C=O) groups is 1. The summed E-state index contributed by atoms with van der Waals surface area (Å²) in [6.07, 6.45) is 5.05. The number of benzene rings is 1. The van der Waals surface area contributed by atoms with E-state index in [9.17, 15) is 9.59 Å². The number of nitrogens with zero attached hydrogens (tertiary/aromatic N) is 1. The number of carbonyl (C=O) groups excluding carboxylic acids is 1. The van der Waals surface area contributed by atoms with Crippen molar-refractivity contribution in [3.63, 3.8) is 0 Å². The SMILES string of the molecule is C[C@@H](OC(=O)C12C[C@H]3C[C@@H](CC(Cl)(C3)C1)C2)c1nc2scc(-c3ccccc3)c2c(=O)[nH]1. The lowest BCUT2D eigenvalue weighted by atomic mass is 9.49. The maximum Gasteiger partial charge on any atom is 0.312 e. The van der Waals surface area contributed by atoms with Crippen LogP contribution in [0.15, 0.2) is 40.5 Å². The Kier molecular flexibility index (Phi) is 4.57. The summed E-state index contributed by atoms with van der Waals surface area (Å²) in [6.45, 7) is 1.78. The molecule has 1 aromatic carbocycles. The van der Waals surface area contributed by atoms with Crippen molar-refractivity contribution in [2.24, 2.45) is 17.3 Å². The third-order valence-electron chi connectivity index (χ3n) is 7.64. The predicted octanol–water partition coefficient (Wildman–Crippen LogP) is 5.83. The summed E-state index contributed by atoms with van der Waals surface area (Å²) in [7, 11) is 0. The average molecular weight is 469 g/mol. The van der Waals surface area contributed by atoms with Gasteiger partial charge in [0.1, 0.15) is 4.83 Å². The van der Waals surface area contributed by atoms with Crippen LogP contribution < -0.4 is 5.56 Å². The van der Waals surface area contributed by atoms with Crippen LogP contribution in [0.25, 0.3) is 21.3 Å². The Morgan fingerprint density at radius 1 is 1.22 bits per heavy atom. The van der Waals surface area contributed by atoms with Gasteiger partial charge in [-0.1, -0.05) is 30.3 Å². The lowest BCUT2D eigenvalue weighted by molar-refractivity contribution is -0.175. The molecule has 0 amide bonds. The van der Waals surface area contributed by atoms with Crippen molar-refractivity contribution in [1.29, 1.82) is 0 Å². The molecule has 0 radical (unpaired) electrons. The van der Waals surface area contributed by atoms with Crippen molar-refractivity contribution < 1.29 is 9.53 Å². The molecule has 4 aliphatic rings. The van der Waals surface area contributed by atoms with Gasteiger partial charge in [-0.25, -0.2) is 4.98 Å². The third-order valence-corrected chi connectivity index (χ3v) is 8.95. The van der Waals surface area contributed by atoms with Gasteiger partial charge in [-0.15, -0.1) is 22.9 Å². The molecular weight excluding hydrogens is 444 g/mol. The first-order chi connectivity index (χ1) is 15.3. The zero-order valence-electron chi connectivity index (χ0n) is 17.9. The molecule has 1 N–H and O–H groups in total. The fourth-order valence-corrected chi connectivity index (χ4v) is 8.37. The maximum atomic E-state index is 13.4. The second-order valence-electron chi connectivity index (χ2n) is 10.1. The Bertz CT molecular complexity index is 1250. The Morgan fingerprint density at radius 3 is 2.62 bits per heavy atom. The normalized spacial score (nSPS) is 31.7. The molecule has 0 unspecified atom stereocenters. The van der Waals surface area contributed by atoms with Crippen LogP contribution in [0.4, 0.5) is 0 Å². The van der Waals surface area contributed by atoms with Crippen LogP contribution >= 0.6 is 22.9 Å². The van der Waals surface area contributed by atoms with E-state index >= 15 is 0 Å². The first-order valence-corrected chi connectivity index (χ1v) is 12.6.